The molecule has 0 bridgehead atoms. The molecule has 0 saturated carbocycles. The molecule has 0 spiro atoms. The molecule has 1 rings (SSSR count). The van der Waals surface area contributed by atoms with E-state index in [0.29, 0.717) is 6.04 Å². The van der Waals surface area contributed by atoms with Crippen LogP contribution in [0.5, 0.6) is 0 Å². The van der Waals surface area contributed by atoms with Gasteiger partial charge in [-0.2, -0.15) is 0 Å². The average Bonchev–Trinajstić information content (AvgIpc) is 2.18. The van der Waals surface area contributed by atoms with Crippen LogP contribution < -0.4 is 16.4 Å². The van der Waals surface area contributed by atoms with Crippen LogP contribution in [0.4, 0.5) is 10.5 Å². The van der Waals surface area contributed by atoms with Crippen LogP contribution in [0.25, 0.3) is 0 Å². The van der Waals surface area contributed by atoms with Crippen LogP contribution in [-0.2, 0) is 0 Å². The Kier molecular flexibility index (Phi) is 4.12. The second-order valence-corrected chi connectivity index (χ2v) is 3.39. The zero-order valence-electron chi connectivity index (χ0n) is 9.08. The van der Waals surface area contributed by atoms with Crippen molar-refractivity contribution >= 4 is 11.7 Å². The van der Waals surface area contributed by atoms with Crippen LogP contribution >= 0.6 is 0 Å². The number of rotatable bonds is 4. The minimum atomic E-state index is -0.539. The quantitative estimate of drug-likeness (QED) is 0.705. The second-order valence-electron chi connectivity index (χ2n) is 3.39. The fraction of sp³-hybridized carbons (Fsp3) is 0.364. The van der Waals surface area contributed by atoms with Crippen molar-refractivity contribution in [2.75, 3.05) is 11.9 Å². The number of carbonyl (C=O) groups is 1. The van der Waals surface area contributed by atoms with E-state index < -0.39 is 6.03 Å². The van der Waals surface area contributed by atoms with E-state index in [9.17, 15) is 4.79 Å². The first kappa shape index (κ1) is 11.5. The molecule has 0 aliphatic rings. The summed E-state index contributed by atoms with van der Waals surface area (Å²) in [7, 11) is 0. The number of benzene rings is 1. The molecule has 0 aromatic heterocycles. The van der Waals surface area contributed by atoms with Crippen LogP contribution in [0.3, 0.4) is 0 Å². The summed E-state index contributed by atoms with van der Waals surface area (Å²) in [4.78, 5) is 10.6. The molecule has 4 nitrogen and oxygen atoms in total. The number of nitrogens with two attached hydrogens (primary N) is 1. The minimum Gasteiger partial charge on any atom is -0.351 e. The molecule has 0 aliphatic heterocycles. The molecule has 82 valence electrons. The smallest absolute Gasteiger partial charge is 0.316 e. The van der Waals surface area contributed by atoms with E-state index in [1.165, 1.54) is 5.56 Å². The van der Waals surface area contributed by atoms with E-state index in [2.05, 4.69) is 24.5 Å². The maximum absolute atomic E-state index is 10.6. The van der Waals surface area contributed by atoms with Gasteiger partial charge >= 0.3 is 6.03 Å². The lowest BCUT2D eigenvalue weighted by Crippen LogP contribution is -2.20. The summed E-state index contributed by atoms with van der Waals surface area (Å²) in [6.45, 7) is 5.10. The molecule has 4 N–H and O–H groups in total. The third kappa shape index (κ3) is 3.59. The van der Waals surface area contributed by atoms with Gasteiger partial charge in [0.2, 0.25) is 0 Å². The number of hydrogen-bond donors (Lipinski definition) is 3. The zero-order valence-corrected chi connectivity index (χ0v) is 9.08. The van der Waals surface area contributed by atoms with E-state index in [1.807, 2.05) is 24.3 Å². The van der Waals surface area contributed by atoms with Crippen molar-refractivity contribution in [1.29, 1.82) is 0 Å². The van der Waals surface area contributed by atoms with Crippen molar-refractivity contribution in [1.82, 2.24) is 5.32 Å². The van der Waals surface area contributed by atoms with Gasteiger partial charge in [0.15, 0.2) is 0 Å². The Morgan fingerprint density at radius 3 is 2.47 bits per heavy atom. The Labute approximate surface area is 89.9 Å². The number of nitrogens with one attached hydrogen (secondary N) is 2. The fourth-order valence-electron chi connectivity index (χ4n) is 1.42. The lowest BCUT2D eigenvalue weighted by Gasteiger charge is -2.13. The van der Waals surface area contributed by atoms with E-state index in [0.717, 1.165) is 12.2 Å². The highest BCUT2D eigenvalue weighted by atomic mass is 16.2. The third-order valence-corrected chi connectivity index (χ3v) is 2.19. The SMILES string of the molecule is CCNC(C)c1ccc(NC(N)=O)cc1. The molecule has 15 heavy (non-hydrogen) atoms. The minimum absolute atomic E-state index is 0.317. The van der Waals surface area contributed by atoms with Crippen molar-refractivity contribution in [3.05, 3.63) is 29.8 Å². The summed E-state index contributed by atoms with van der Waals surface area (Å²) in [5, 5.41) is 5.83. The molecule has 0 heterocycles. The Bertz CT molecular complexity index is 321. The Balaban J connectivity index is 2.67. The molecule has 0 radical (unpaired) electrons. The Morgan fingerprint density at radius 1 is 1.40 bits per heavy atom. The maximum atomic E-state index is 10.6. The van der Waals surface area contributed by atoms with Crippen molar-refractivity contribution in [2.45, 2.75) is 19.9 Å². The number of primary amides is 1. The molecule has 1 atom stereocenters. The first-order valence-electron chi connectivity index (χ1n) is 5.03. The number of hydrogen-bond acceptors (Lipinski definition) is 2. The van der Waals surface area contributed by atoms with Crippen molar-refractivity contribution in [3.63, 3.8) is 0 Å². The Hall–Kier alpha value is -1.55. The monoisotopic (exact) mass is 207 g/mol. The zero-order chi connectivity index (χ0) is 11.3. The number of amides is 2. The van der Waals surface area contributed by atoms with Gasteiger partial charge in [-0.15, -0.1) is 0 Å². The summed E-state index contributed by atoms with van der Waals surface area (Å²) in [6, 6.07) is 7.40. The highest BCUT2D eigenvalue weighted by Gasteiger charge is 2.03. The van der Waals surface area contributed by atoms with Crippen LogP contribution in [-0.4, -0.2) is 12.6 Å². The maximum Gasteiger partial charge on any atom is 0.316 e. The van der Waals surface area contributed by atoms with E-state index in [-0.39, 0.29) is 0 Å². The van der Waals surface area contributed by atoms with Gasteiger partial charge in [-0.3, -0.25) is 0 Å². The van der Waals surface area contributed by atoms with E-state index in [1.54, 1.807) is 0 Å². The van der Waals surface area contributed by atoms with Crippen LogP contribution in [0, 0.1) is 0 Å². The number of anilines is 1. The normalized spacial score (nSPS) is 12.1. The predicted molar refractivity (Wildman–Crippen MR) is 61.7 cm³/mol. The highest BCUT2D eigenvalue weighted by molar-refractivity contribution is 5.87. The summed E-state index contributed by atoms with van der Waals surface area (Å²) >= 11 is 0. The number of urea groups is 1. The molecule has 1 aromatic rings. The Morgan fingerprint density at radius 2 is 2.00 bits per heavy atom. The molecule has 2 amide bonds. The summed E-state index contributed by atoms with van der Waals surface area (Å²) in [5.41, 5.74) is 6.91. The molecule has 0 saturated heterocycles. The first-order chi connectivity index (χ1) is 7.13. The molecule has 4 heteroatoms. The lowest BCUT2D eigenvalue weighted by molar-refractivity contribution is 0.259. The standard InChI is InChI=1S/C11H17N3O/c1-3-13-8(2)9-4-6-10(7-5-9)14-11(12)15/h4-8,13H,3H2,1-2H3,(H3,12,14,15). The van der Waals surface area contributed by atoms with Crippen LogP contribution in [0.1, 0.15) is 25.5 Å². The van der Waals surface area contributed by atoms with Crippen molar-refractivity contribution < 1.29 is 4.79 Å². The van der Waals surface area contributed by atoms with Gasteiger partial charge in [0.05, 0.1) is 0 Å². The molecule has 0 fully saturated rings. The van der Waals surface area contributed by atoms with Crippen molar-refractivity contribution in [3.8, 4) is 0 Å². The molecular weight excluding hydrogens is 190 g/mol. The van der Waals surface area contributed by atoms with E-state index >= 15 is 0 Å². The largest absolute Gasteiger partial charge is 0.351 e. The topological polar surface area (TPSA) is 67.2 Å². The molecular formula is C11H17N3O. The first-order valence-corrected chi connectivity index (χ1v) is 5.03. The lowest BCUT2D eigenvalue weighted by atomic mass is 10.1. The van der Waals surface area contributed by atoms with Gasteiger partial charge in [0, 0.05) is 11.7 Å². The van der Waals surface area contributed by atoms with Gasteiger partial charge in [0.25, 0.3) is 0 Å². The van der Waals surface area contributed by atoms with Gasteiger partial charge in [-0.25, -0.2) is 4.79 Å². The predicted octanol–water partition coefficient (Wildman–Crippen LogP) is 1.85. The summed E-state index contributed by atoms with van der Waals surface area (Å²) < 4.78 is 0. The van der Waals surface area contributed by atoms with Gasteiger partial charge in [-0.05, 0) is 31.2 Å². The van der Waals surface area contributed by atoms with Gasteiger partial charge < -0.3 is 16.4 Å². The number of carbonyl (C=O) groups excluding carboxylic acids is 1. The van der Waals surface area contributed by atoms with Gasteiger partial charge in [0.1, 0.15) is 0 Å². The molecule has 1 aromatic carbocycles. The van der Waals surface area contributed by atoms with Crippen LogP contribution in [0.15, 0.2) is 24.3 Å². The third-order valence-electron chi connectivity index (χ3n) is 2.19. The van der Waals surface area contributed by atoms with Crippen LogP contribution in [0.2, 0.25) is 0 Å². The fourth-order valence-corrected chi connectivity index (χ4v) is 1.42. The van der Waals surface area contributed by atoms with Gasteiger partial charge in [-0.1, -0.05) is 19.1 Å². The van der Waals surface area contributed by atoms with Crippen molar-refractivity contribution in [2.24, 2.45) is 5.73 Å². The second kappa shape index (κ2) is 5.36. The average molecular weight is 207 g/mol. The summed E-state index contributed by atoms with van der Waals surface area (Å²) in [5.74, 6) is 0. The molecule has 1 unspecified atom stereocenters. The summed E-state index contributed by atoms with van der Waals surface area (Å²) in [6.07, 6.45) is 0. The molecule has 0 aliphatic carbocycles. The van der Waals surface area contributed by atoms with E-state index in [4.69, 9.17) is 5.73 Å². The highest BCUT2D eigenvalue weighted by Crippen LogP contribution is 2.15.